The van der Waals surface area contributed by atoms with Crippen molar-refractivity contribution in [1.82, 2.24) is 14.8 Å². The van der Waals surface area contributed by atoms with Gasteiger partial charge in [-0.2, -0.15) is 0 Å². The van der Waals surface area contributed by atoms with Gasteiger partial charge in [-0.1, -0.05) is 62.0 Å². The fraction of sp³-hybridized carbons (Fsp3) is 0.391. The summed E-state index contributed by atoms with van der Waals surface area (Å²) in [6.45, 7) is 7.50. The van der Waals surface area contributed by atoms with Crippen LogP contribution in [0.3, 0.4) is 0 Å². The topological polar surface area (TPSA) is 94.1 Å². The van der Waals surface area contributed by atoms with Crippen LogP contribution in [-0.2, 0) is 22.6 Å². The van der Waals surface area contributed by atoms with Crippen LogP contribution in [0.1, 0.15) is 33.0 Å². The molecule has 0 radical (unpaired) electrons. The van der Waals surface area contributed by atoms with Gasteiger partial charge < -0.3 is 15.2 Å². The standard InChI is InChI=1S/C23H29N5O2S/c1-4-27(19-11-7-9-17-8-5-6-10-18(17)19)22(30)15-31-23-26-25-21(13-12-20(24)29)28(23)14-16(2)3/h5-11,16H,4,12-15H2,1-3H3,(H2,24,29). The van der Waals surface area contributed by atoms with E-state index >= 15 is 0 Å². The number of benzene rings is 2. The largest absolute Gasteiger partial charge is 0.370 e. The minimum atomic E-state index is -0.364. The highest BCUT2D eigenvalue weighted by atomic mass is 32.2. The molecule has 0 saturated carbocycles. The van der Waals surface area contributed by atoms with Gasteiger partial charge in [0.05, 0.1) is 11.4 Å². The second kappa shape index (κ2) is 10.4. The summed E-state index contributed by atoms with van der Waals surface area (Å²) in [6.07, 6.45) is 0.672. The summed E-state index contributed by atoms with van der Waals surface area (Å²) in [5, 5.41) is 11.4. The highest BCUT2D eigenvalue weighted by Gasteiger charge is 2.20. The van der Waals surface area contributed by atoms with Crippen molar-refractivity contribution in [2.45, 2.75) is 45.3 Å². The first-order valence-corrected chi connectivity index (χ1v) is 11.5. The van der Waals surface area contributed by atoms with Crippen LogP contribution >= 0.6 is 11.8 Å². The third kappa shape index (κ3) is 5.64. The number of nitrogens with zero attached hydrogens (tertiary/aromatic N) is 4. The summed E-state index contributed by atoms with van der Waals surface area (Å²) < 4.78 is 2.00. The first-order valence-electron chi connectivity index (χ1n) is 10.5. The van der Waals surface area contributed by atoms with Crippen LogP contribution in [0.2, 0.25) is 0 Å². The maximum Gasteiger partial charge on any atom is 0.237 e. The van der Waals surface area contributed by atoms with Crippen molar-refractivity contribution in [3.05, 3.63) is 48.3 Å². The van der Waals surface area contributed by atoms with Crippen LogP contribution in [-0.4, -0.2) is 38.9 Å². The van der Waals surface area contributed by atoms with Gasteiger partial charge in [-0.25, -0.2) is 0 Å². The van der Waals surface area contributed by atoms with Gasteiger partial charge >= 0.3 is 0 Å². The highest BCUT2D eigenvalue weighted by Crippen LogP contribution is 2.28. The van der Waals surface area contributed by atoms with E-state index in [0.717, 1.165) is 28.8 Å². The van der Waals surface area contributed by atoms with Crippen LogP contribution < -0.4 is 10.6 Å². The molecule has 0 aliphatic carbocycles. The Morgan fingerprint density at radius 2 is 1.87 bits per heavy atom. The average Bonchev–Trinajstić information content (AvgIpc) is 3.12. The first kappa shape index (κ1) is 22.8. The Morgan fingerprint density at radius 3 is 2.58 bits per heavy atom. The van der Waals surface area contributed by atoms with E-state index < -0.39 is 0 Å². The van der Waals surface area contributed by atoms with Crippen LogP contribution in [0.25, 0.3) is 10.8 Å². The lowest BCUT2D eigenvalue weighted by molar-refractivity contribution is -0.118. The molecule has 0 unspecified atom stereocenters. The smallest absolute Gasteiger partial charge is 0.237 e. The molecule has 8 heteroatoms. The Labute approximate surface area is 187 Å². The molecule has 0 saturated heterocycles. The van der Waals surface area contributed by atoms with Gasteiger partial charge in [0.2, 0.25) is 11.8 Å². The first-order chi connectivity index (χ1) is 14.9. The van der Waals surface area contributed by atoms with E-state index in [4.69, 9.17) is 5.73 Å². The Balaban J connectivity index is 1.78. The molecule has 164 valence electrons. The lowest BCUT2D eigenvalue weighted by Gasteiger charge is -2.22. The van der Waals surface area contributed by atoms with Gasteiger partial charge in [-0.15, -0.1) is 10.2 Å². The SMILES string of the molecule is CCN(C(=O)CSc1nnc(CCC(N)=O)n1CC(C)C)c1cccc2ccccc12. The van der Waals surface area contributed by atoms with Crippen molar-refractivity contribution < 1.29 is 9.59 Å². The van der Waals surface area contributed by atoms with Crippen molar-refractivity contribution in [2.24, 2.45) is 11.7 Å². The third-order valence-corrected chi connectivity index (χ3v) is 5.89. The van der Waals surface area contributed by atoms with E-state index in [2.05, 4.69) is 24.0 Å². The van der Waals surface area contributed by atoms with Crippen molar-refractivity contribution >= 4 is 40.0 Å². The number of aromatic nitrogens is 3. The number of fused-ring (bicyclic) bond motifs is 1. The molecule has 2 amide bonds. The molecule has 0 bridgehead atoms. The predicted octanol–water partition coefficient (Wildman–Crippen LogP) is 3.65. The van der Waals surface area contributed by atoms with Crippen molar-refractivity contribution in [2.75, 3.05) is 17.2 Å². The summed E-state index contributed by atoms with van der Waals surface area (Å²) in [7, 11) is 0. The monoisotopic (exact) mass is 439 g/mol. The molecule has 2 N–H and O–H groups in total. The molecule has 2 aromatic carbocycles. The molecule has 3 rings (SSSR count). The minimum absolute atomic E-state index is 0.0154. The van der Waals surface area contributed by atoms with Gasteiger partial charge in [-0.3, -0.25) is 9.59 Å². The van der Waals surface area contributed by atoms with E-state index in [1.165, 1.54) is 11.8 Å². The number of hydrogen-bond acceptors (Lipinski definition) is 5. The van der Waals surface area contributed by atoms with Gasteiger partial charge in [0.25, 0.3) is 0 Å². The van der Waals surface area contributed by atoms with E-state index in [1.54, 1.807) is 0 Å². The number of anilines is 1. The average molecular weight is 440 g/mol. The molecular formula is C23H29N5O2S. The predicted molar refractivity (Wildman–Crippen MR) is 125 cm³/mol. The van der Waals surface area contributed by atoms with Gasteiger partial charge in [0, 0.05) is 31.3 Å². The van der Waals surface area contributed by atoms with Crippen molar-refractivity contribution in [3.8, 4) is 0 Å². The zero-order chi connectivity index (χ0) is 22.4. The lowest BCUT2D eigenvalue weighted by atomic mass is 10.1. The molecular weight excluding hydrogens is 410 g/mol. The second-order valence-corrected chi connectivity index (χ2v) is 8.74. The number of thioether (sulfide) groups is 1. The maximum absolute atomic E-state index is 13.1. The second-order valence-electron chi connectivity index (χ2n) is 7.79. The van der Waals surface area contributed by atoms with Gasteiger partial charge in [-0.05, 0) is 24.3 Å². The van der Waals surface area contributed by atoms with Gasteiger partial charge in [0.15, 0.2) is 5.16 Å². The molecule has 1 aromatic heterocycles. The molecule has 0 aliphatic rings. The molecule has 0 fully saturated rings. The summed E-state index contributed by atoms with van der Waals surface area (Å²) in [5.74, 6) is 1.01. The van der Waals surface area contributed by atoms with Crippen LogP contribution in [0.15, 0.2) is 47.6 Å². The normalized spacial score (nSPS) is 11.2. The zero-order valence-electron chi connectivity index (χ0n) is 18.2. The van der Waals surface area contributed by atoms with Crippen molar-refractivity contribution in [1.29, 1.82) is 0 Å². The Morgan fingerprint density at radius 1 is 1.13 bits per heavy atom. The summed E-state index contributed by atoms with van der Waals surface area (Å²) in [6, 6.07) is 14.1. The fourth-order valence-electron chi connectivity index (χ4n) is 3.52. The molecule has 3 aromatic rings. The lowest BCUT2D eigenvalue weighted by Crippen LogP contribution is -2.32. The Kier molecular flexibility index (Phi) is 7.68. The van der Waals surface area contributed by atoms with Crippen LogP contribution in [0, 0.1) is 5.92 Å². The molecule has 7 nitrogen and oxygen atoms in total. The molecule has 1 heterocycles. The quantitative estimate of drug-likeness (QED) is 0.487. The number of primary amides is 1. The van der Waals surface area contributed by atoms with E-state index in [0.29, 0.717) is 24.0 Å². The number of amides is 2. The van der Waals surface area contributed by atoms with Crippen molar-refractivity contribution in [3.63, 3.8) is 0 Å². The third-order valence-electron chi connectivity index (χ3n) is 4.94. The highest BCUT2D eigenvalue weighted by molar-refractivity contribution is 7.99. The molecule has 0 aliphatic heterocycles. The van der Waals surface area contributed by atoms with Crippen LogP contribution in [0.4, 0.5) is 5.69 Å². The zero-order valence-corrected chi connectivity index (χ0v) is 19.1. The number of carbonyl (C=O) groups is 2. The molecule has 0 atom stereocenters. The molecule has 31 heavy (non-hydrogen) atoms. The number of nitrogens with two attached hydrogens (primary N) is 1. The minimum Gasteiger partial charge on any atom is -0.370 e. The van der Waals surface area contributed by atoms with Gasteiger partial charge in [0.1, 0.15) is 5.82 Å². The van der Waals surface area contributed by atoms with Crippen LogP contribution in [0.5, 0.6) is 0 Å². The van der Waals surface area contributed by atoms with E-state index in [9.17, 15) is 9.59 Å². The summed E-state index contributed by atoms with van der Waals surface area (Å²) in [5.41, 5.74) is 6.20. The molecule has 0 spiro atoms. The number of hydrogen-bond donors (Lipinski definition) is 1. The fourth-order valence-corrected chi connectivity index (χ4v) is 4.37. The maximum atomic E-state index is 13.1. The van der Waals surface area contributed by atoms with E-state index in [-0.39, 0.29) is 24.0 Å². The number of carbonyl (C=O) groups excluding carboxylic acids is 2. The Hall–Kier alpha value is -2.87. The Bertz CT molecular complexity index is 1060. The summed E-state index contributed by atoms with van der Waals surface area (Å²) in [4.78, 5) is 26.1. The van der Waals surface area contributed by atoms with E-state index in [1.807, 2.05) is 58.9 Å². The number of aryl methyl sites for hydroxylation is 1. The number of rotatable bonds is 10. The summed E-state index contributed by atoms with van der Waals surface area (Å²) >= 11 is 1.38.